The van der Waals surface area contributed by atoms with Gasteiger partial charge in [0.05, 0.1) is 11.6 Å². The lowest BCUT2D eigenvalue weighted by Gasteiger charge is -2.24. The lowest BCUT2D eigenvalue weighted by Crippen LogP contribution is -2.38. The fraction of sp³-hybridized carbons (Fsp3) is 0.158. The summed E-state index contributed by atoms with van der Waals surface area (Å²) in [4.78, 5) is 14.5. The highest BCUT2D eigenvalue weighted by Crippen LogP contribution is 2.38. The van der Waals surface area contributed by atoms with Gasteiger partial charge in [-0.15, -0.1) is 0 Å². The molecule has 5 heteroatoms. The van der Waals surface area contributed by atoms with Gasteiger partial charge in [0.1, 0.15) is 5.75 Å². The van der Waals surface area contributed by atoms with Gasteiger partial charge < -0.3 is 14.8 Å². The third-order valence-corrected chi connectivity index (χ3v) is 3.88. The van der Waals surface area contributed by atoms with E-state index in [1.165, 1.54) is 13.8 Å². The molecular weight excluding hydrogens is 304 g/mol. The molecule has 0 saturated heterocycles. The Morgan fingerprint density at radius 1 is 1.17 bits per heavy atom. The minimum absolute atomic E-state index is 0.485. The number of nitrogens with one attached hydrogen (secondary N) is 1. The molecule has 24 heavy (non-hydrogen) atoms. The topological polar surface area (TPSA) is 86.1 Å². The Morgan fingerprint density at radius 2 is 1.88 bits per heavy atom. The van der Waals surface area contributed by atoms with Crippen LogP contribution in [-0.2, 0) is 4.79 Å². The van der Waals surface area contributed by atoms with Crippen molar-refractivity contribution in [3.8, 4) is 22.9 Å². The number of carboxylic acids is 1. The second-order valence-corrected chi connectivity index (χ2v) is 5.98. The van der Waals surface area contributed by atoms with Gasteiger partial charge in [-0.1, -0.05) is 12.1 Å². The molecule has 0 aliphatic rings. The van der Waals surface area contributed by atoms with Gasteiger partial charge in [0, 0.05) is 22.7 Å². The molecule has 2 aromatic carbocycles. The van der Waals surface area contributed by atoms with Crippen molar-refractivity contribution in [1.82, 2.24) is 4.98 Å². The monoisotopic (exact) mass is 320 g/mol. The molecule has 0 atom stereocenters. The number of aromatic amines is 1. The summed E-state index contributed by atoms with van der Waals surface area (Å²) in [7, 11) is 0. The summed E-state index contributed by atoms with van der Waals surface area (Å²) in [6.45, 7) is 3.03. The molecule has 0 amide bonds. The molecule has 0 spiro atoms. The van der Waals surface area contributed by atoms with E-state index >= 15 is 0 Å². The Labute approximate surface area is 139 Å². The van der Waals surface area contributed by atoms with E-state index in [0.29, 0.717) is 11.3 Å². The van der Waals surface area contributed by atoms with Crippen LogP contribution in [0.3, 0.4) is 0 Å². The van der Waals surface area contributed by atoms with Crippen molar-refractivity contribution in [1.29, 1.82) is 5.26 Å². The number of fused-ring (bicyclic) bond motifs is 1. The zero-order valence-corrected chi connectivity index (χ0v) is 13.3. The number of nitrogens with zero attached hydrogens (tertiary/aromatic N) is 1. The van der Waals surface area contributed by atoms with Gasteiger partial charge in [-0.25, -0.2) is 4.79 Å². The van der Waals surface area contributed by atoms with Crippen molar-refractivity contribution in [2.24, 2.45) is 0 Å². The number of nitriles is 1. The molecule has 5 nitrogen and oxygen atoms in total. The number of hydrogen-bond acceptors (Lipinski definition) is 3. The van der Waals surface area contributed by atoms with E-state index < -0.39 is 11.6 Å². The molecule has 0 aliphatic heterocycles. The van der Waals surface area contributed by atoms with E-state index in [-0.39, 0.29) is 0 Å². The molecule has 0 bridgehead atoms. The first-order valence-corrected chi connectivity index (χ1v) is 7.45. The van der Waals surface area contributed by atoms with Crippen LogP contribution in [0, 0.1) is 11.3 Å². The molecule has 0 unspecified atom stereocenters. The Bertz CT molecular complexity index is 947. The maximum absolute atomic E-state index is 11.4. The molecule has 0 aliphatic carbocycles. The number of benzene rings is 2. The smallest absolute Gasteiger partial charge is 0.347 e. The average molecular weight is 320 g/mol. The predicted octanol–water partition coefficient (Wildman–Crippen LogP) is 3.95. The Hall–Kier alpha value is -3.26. The van der Waals surface area contributed by atoms with E-state index in [9.17, 15) is 9.90 Å². The lowest BCUT2D eigenvalue weighted by atomic mass is 9.99. The number of carbonyl (C=O) groups is 1. The Kier molecular flexibility index (Phi) is 3.74. The summed E-state index contributed by atoms with van der Waals surface area (Å²) >= 11 is 0. The van der Waals surface area contributed by atoms with Crippen LogP contribution in [0.2, 0.25) is 0 Å². The molecule has 120 valence electrons. The molecule has 0 saturated carbocycles. The average Bonchev–Trinajstić information content (AvgIpc) is 3.03. The van der Waals surface area contributed by atoms with Crippen LogP contribution in [0.5, 0.6) is 5.75 Å². The second kappa shape index (κ2) is 5.74. The summed E-state index contributed by atoms with van der Waals surface area (Å²) in [6, 6.07) is 14.8. The van der Waals surface area contributed by atoms with E-state index in [0.717, 1.165) is 22.0 Å². The largest absolute Gasteiger partial charge is 0.478 e. The number of aliphatic carboxylic acids is 1. The van der Waals surface area contributed by atoms with Gasteiger partial charge in [-0.05, 0) is 49.7 Å². The first kappa shape index (κ1) is 15.6. The zero-order chi connectivity index (χ0) is 17.3. The number of hydrogen-bond donors (Lipinski definition) is 2. The van der Waals surface area contributed by atoms with Crippen molar-refractivity contribution < 1.29 is 14.6 Å². The van der Waals surface area contributed by atoms with Crippen molar-refractivity contribution in [3.05, 3.63) is 54.2 Å². The van der Waals surface area contributed by atoms with Crippen LogP contribution in [-0.4, -0.2) is 21.7 Å². The third kappa shape index (κ3) is 2.70. The number of ether oxygens (including phenoxy) is 1. The molecule has 0 fully saturated rings. The molecule has 0 radical (unpaired) electrons. The standard InChI is InChI=1S/C19H16N2O3/c1-19(2,18(22)23)24-16-8-7-15-14(9-10-21-15)17(16)13-5-3-12(11-20)4-6-13/h3-10,21H,1-2H3,(H,22,23). The van der Waals surface area contributed by atoms with Gasteiger partial charge in [0.15, 0.2) is 5.60 Å². The Balaban J connectivity index is 2.19. The second-order valence-electron chi connectivity index (χ2n) is 5.98. The van der Waals surface area contributed by atoms with E-state index in [2.05, 4.69) is 11.1 Å². The van der Waals surface area contributed by atoms with Crippen LogP contribution < -0.4 is 4.74 Å². The predicted molar refractivity (Wildman–Crippen MR) is 90.8 cm³/mol. The number of rotatable bonds is 4. The third-order valence-electron chi connectivity index (χ3n) is 3.88. The summed E-state index contributed by atoms with van der Waals surface area (Å²) in [5, 5.41) is 19.2. The first-order chi connectivity index (χ1) is 11.4. The fourth-order valence-corrected chi connectivity index (χ4v) is 2.53. The van der Waals surface area contributed by atoms with Crippen LogP contribution in [0.1, 0.15) is 19.4 Å². The summed E-state index contributed by atoms with van der Waals surface area (Å²) in [5.74, 6) is -0.554. The summed E-state index contributed by atoms with van der Waals surface area (Å²) in [6.07, 6.45) is 1.82. The summed E-state index contributed by atoms with van der Waals surface area (Å²) in [5.41, 5.74) is 1.79. The van der Waals surface area contributed by atoms with Crippen molar-refractivity contribution in [2.75, 3.05) is 0 Å². The molecule has 3 rings (SSSR count). The van der Waals surface area contributed by atoms with E-state index in [1.807, 2.05) is 30.5 Å². The van der Waals surface area contributed by atoms with Gasteiger partial charge in [-0.3, -0.25) is 0 Å². The van der Waals surface area contributed by atoms with E-state index in [4.69, 9.17) is 10.00 Å². The highest BCUT2D eigenvalue weighted by molar-refractivity contribution is 5.98. The first-order valence-electron chi connectivity index (χ1n) is 7.45. The van der Waals surface area contributed by atoms with Crippen molar-refractivity contribution in [3.63, 3.8) is 0 Å². The summed E-state index contributed by atoms with van der Waals surface area (Å²) < 4.78 is 5.80. The van der Waals surface area contributed by atoms with Gasteiger partial charge >= 0.3 is 5.97 Å². The van der Waals surface area contributed by atoms with Crippen LogP contribution >= 0.6 is 0 Å². The van der Waals surface area contributed by atoms with Crippen LogP contribution in [0.15, 0.2) is 48.7 Å². The molecular formula is C19H16N2O3. The van der Waals surface area contributed by atoms with Gasteiger partial charge in [0.25, 0.3) is 0 Å². The molecule has 2 N–H and O–H groups in total. The lowest BCUT2D eigenvalue weighted by molar-refractivity contribution is -0.152. The molecule has 3 aromatic rings. The number of aromatic nitrogens is 1. The molecule has 1 aromatic heterocycles. The minimum Gasteiger partial charge on any atom is -0.478 e. The van der Waals surface area contributed by atoms with Crippen molar-refractivity contribution >= 4 is 16.9 Å². The van der Waals surface area contributed by atoms with Gasteiger partial charge in [0.2, 0.25) is 0 Å². The highest BCUT2D eigenvalue weighted by atomic mass is 16.5. The highest BCUT2D eigenvalue weighted by Gasteiger charge is 2.30. The minimum atomic E-state index is -1.36. The fourth-order valence-electron chi connectivity index (χ4n) is 2.53. The Morgan fingerprint density at radius 3 is 2.50 bits per heavy atom. The van der Waals surface area contributed by atoms with Gasteiger partial charge in [-0.2, -0.15) is 5.26 Å². The normalized spacial score (nSPS) is 11.2. The van der Waals surface area contributed by atoms with Crippen LogP contribution in [0.4, 0.5) is 0 Å². The van der Waals surface area contributed by atoms with E-state index in [1.54, 1.807) is 18.2 Å². The maximum atomic E-state index is 11.4. The number of H-pyrrole nitrogens is 1. The maximum Gasteiger partial charge on any atom is 0.347 e. The molecule has 1 heterocycles. The zero-order valence-electron chi connectivity index (χ0n) is 13.3. The number of carboxylic acid groups (broad SMARTS) is 1. The SMILES string of the molecule is CC(C)(Oc1ccc2[nH]ccc2c1-c1ccc(C#N)cc1)C(=O)O. The van der Waals surface area contributed by atoms with Crippen molar-refractivity contribution in [2.45, 2.75) is 19.4 Å². The van der Waals surface area contributed by atoms with Crippen LogP contribution in [0.25, 0.3) is 22.0 Å². The quantitative estimate of drug-likeness (QED) is 0.762.